The maximum atomic E-state index is 12.6. The molecule has 0 aromatic heterocycles. The highest BCUT2D eigenvalue weighted by Crippen LogP contribution is 2.38. The van der Waals surface area contributed by atoms with Crippen molar-refractivity contribution in [3.8, 4) is 0 Å². The van der Waals surface area contributed by atoms with Crippen LogP contribution in [0.3, 0.4) is 0 Å². The number of hydrogen-bond donors (Lipinski definition) is 1. The van der Waals surface area contributed by atoms with Crippen molar-refractivity contribution in [3.05, 3.63) is 12.2 Å². The van der Waals surface area contributed by atoms with Crippen LogP contribution in [0.15, 0.2) is 12.2 Å². The summed E-state index contributed by atoms with van der Waals surface area (Å²) in [5, 5.41) is 2.02. The first kappa shape index (κ1) is 24.5. The van der Waals surface area contributed by atoms with E-state index >= 15 is 0 Å². The summed E-state index contributed by atoms with van der Waals surface area (Å²) in [5.74, 6) is 0. The molecule has 7 nitrogen and oxygen atoms in total. The first-order valence-corrected chi connectivity index (χ1v) is 9.62. The predicted molar refractivity (Wildman–Crippen MR) is 77.1 cm³/mol. The zero-order chi connectivity index (χ0) is 21.1. The summed E-state index contributed by atoms with van der Waals surface area (Å²) in [7, 11) is -13.5. The largest absolute Gasteiger partial charge is 0.498 e. The summed E-state index contributed by atoms with van der Waals surface area (Å²) in [4.78, 5) is 11.3. The molecular formula is C11H15F6NO6S2. The number of halogens is 6. The van der Waals surface area contributed by atoms with Crippen LogP contribution in [0.25, 0.3) is 0 Å². The second-order valence-electron chi connectivity index (χ2n) is 5.17. The van der Waals surface area contributed by atoms with Crippen LogP contribution in [-0.2, 0) is 24.4 Å². The van der Waals surface area contributed by atoms with Crippen molar-refractivity contribution in [2.24, 2.45) is 0 Å². The molecule has 0 aromatic carbocycles. The molecule has 0 bridgehead atoms. The molecule has 0 aliphatic rings. The monoisotopic (exact) mass is 435 g/mol. The van der Waals surface area contributed by atoms with Gasteiger partial charge in [-0.15, -0.1) is 0 Å². The number of amides is 1. The van der Waals surface area contributed by atoms with E-state index < -0.39 is 53.9 Å². The predicted octanol–water partition coefficient (Wildman–Crippen LogP) is 2.26. The Bertz CT molecular complexity index is 696. The molecule has 0 radical (unpaired) electrons. The first-order chi connectivity index (χ1) is 11.3. The second-order valence-corrected chi connectivity index (χ2v) is 9.72. The molecule has 1 N–H and O–H groups in total. The highest BCUT2D eigenvalue weighted by molar-refractivity contribution is 8.09. The molecule has 0 rings (SSSR count). The van der Waals surface area contributed by atoms with Gasteiger partial charge in [-0.1, -0.05) is 12.2 Å². The van der Waals surface area contributed by atoms with Crippen molar-refractivity contribution in [2.45, 2.75) is 42.0 Å². The summed E-state index contributed by atoms with van der Waals surface area (Å²) in [6.07, 6.45) is -4.99. The fourth-order valence-electron chi connectivity index (χ4n) is 1.48. The van der Waals surface area contributed by atoms with Crippen LogP contribution < -0.4 is 5.32 Å². The SMILES string of the molecule is C=C(C)CNC(=O)OC(C)CC(S(=O)(=O)C(F)(F)F)S(=O)(=O)C(F)(F)F. The molecule has 0 saturated carbocycles. The summed E-state index contributed by atoms with van der Waals surface area (Å²) in [6.45, 7) is 5.47. The Labute approximate surface area is 145 Å². The van der Waals surface area contributed by atoms with Gasteiger partial charge in [0.2, 0.25) is 0 Å². The first-order valence-electron chi connectivity index (χ1n) is 6.53. The van der Waals surface area contributed by atoms with E-state index in [2.05, 4.69) is 11.3 Å². The molecule has 0 spiro atoms. The van der Waals surface area contributed by atoms with Crippen LogP contribution in [-0.4, -0.2) is 51.2 Å². The number of rotatable bonds is 7. The molecule has 0 aliphatic heterocycles. The summed E-state index contributed by atoms with van der Waals surface area (Å²) >= 11 is 0. The maximum Gasteiger partial charge on any atom is 0.498 e. The molecule has 26 heavy (non-hydrogen) atoms. The van der Waals surface area contributed by atoms with Crippen LogP contribution in [0.2, 0.25) is 0 Å². The van der Waals surface area contributed by atoms with Gasteiger partial charge in [-0.05, 0) is 13.8 Å². The number of alkyl halides is 6. The van der Waals surface area contributed by atoms with Gasteiger partial charge < -0.3 is 10.1 Å². The molecule has 1 atom stereocenters. The van der Waals surface area contributed by atoms with E-state index in [-0.39, 0.29) is 6.54 Å². The van der Waals surface area contributed by atoms with Crippen molar-refractivity contribution >= 4 is 25.8 Å². The third kappa shape index (κ3) is 6.03. The zero-order valence-corrected chi connectivity index (χ0v) is 14.9. The Morgan fingerprint density at radius 1 is 1.04 bits per heavy atom. The lowest BCUT2D eigenvalue weighted by molar-refractivity contribution is -0.0476. The van der Waals surface area contributed by atoms with Crippen LogP contribution in [0.5, 0.6) is 0 Å². The summed E-state index contributed by atoms with van der Waals surface area (Å²) in [6, 6.07) is 0. The van der Waals surface area contributed by atoms with Gasteiger partial charge in [0.25, 0.3) is 19.7 Å². The quantitative estimate of drug-likeness (QED) is 0.486. The van der Waals surface area contributed by atoms with Crippen molar-refractivity contribution < 1.29 is 52.7 Å². The van der Waals surface area contributed by atoms with Gasteiger partial charge in [-0.3, -0.25) is 0 Å². The second kappa shape index (κ2) is 8.02. The lowest BCUT2D eigenvalue weighted by Crippen LogP contribution is -2.46. The van der Waals surface area contributed by atoms with Crippen molar-refractivity contribution in [1.29, 1.82) is 0 Å². The Balaban J connectivity index is 5.67. The maximum absolute atomic E-state index is 12.6. The lowest BCUT2D eigenvalue weighted by Gasteiger charge is -2.23. The molecule has 0 heterocycles. The van der Waals surface area contributed by atoms with Gasteiger partial charge in [0.05, 0.1) is 0 Å². The van der Waals surface area contributed by atoms with Crippen LogP contribution in [0.4, 0.5) is 31.1 Å². The van der Waals surface area contributed by atoms with E-state index in [4.69, 9.17) is 0 Å². The molecule has 0 fully saturated rings. The number of nitrogens with one attached hydrogen (secondary N) is 1. The number of ether oxygens (including phenoxy) is 1. The molecule has 0 saturated heterocycles. The zero-order valence-electron chi connectivity index (χ0n) is 13.3. The van der Waals surface area contributed by atoms with Crippen molar-refractivity contribution in [3.63, 3.8) is 0 Å². The highest BCUT2D eigenvalue weighted by atomic mass is 32.3. The fourth-order valence-corrected chi connectivity index (χ4v) is 5.12. The van der Waals surface area contributed by atoms with Gasteiger partial charge in [0.15, 0.2) is 4.58 Å². The molecule has 1 amide bonds. The normalized spacial score (nSPS) is 14.8. The minimum atomic E-state index is -6.77. The summed E-state index contributed by atoms with van der Waals surface area (Å²) in [5.41, 5.74) is -12.1. The van der Waals surface area contributed by atoms with E-state index in [1.165, 1.54) is 6.92 Å². The third-order valence-corrected chi connectivity index (χ3v) is 7.28. The number of sulfone groups is 2. The lowest BCUT2D eigenvalue weighted by atomic mass is 10.3. The minimum Gasteiger partial charge on any atom is -0.446 e. The Hall–Kier alpha value is -1.51. The molecule has 1 unspecified atom stereocenters. The molecule has 0 aliphatic carbocycles. The Morgan fingerprint density at radius 2 is 1.42 bits per heavy atom. The van der Waals surface area contributed by atoms with Crippen molar-refractivity contribution in [2.75, 3.05) is 6.54 Å². The summed E-state index contributed by atoms with van der Waals surface area (Å²) < 4.78 is 121. The number of hydrogen-bond acceptors (Lipinski definition) is 6. The van der Waals surface area contributed by atoms with E-state index in [1.54, 1.807) is 0 Å². The van der Waals surface area contributed by atoms with E-state index in [1.807, 2.05) is 5.32 Å². The Morgan fingerprint density at radius 3 is 1.73 bits per heavy atom. The average Bonchev–Trinajstić information content (AvgIpc) is 2.39. The number of alkyl carbamates (subject to hydrolysis) is 1. The van der Waals surface area contributed by atoms with E-state index in [0.29, 0.717) is 5.57 Å². The van der Waals surface area contributed by atoms with E-state index in [9.17, 15) is 48.0 Å². The number of carbonyl (C=O) groups excluding carboxylic acids is 1. The van der Waals surface area contributed by atoms with Crippen molar-refractivity contribution in [1.82, 2.24) is 5.32 Å². The molecule has 15 heteroatoms. The van der Waals surface area contributed by atoms with Gasteiger partial charge >= 0.3 is 17.1 Å². The van der Waals surface area contributed by atoms with Crippen LogP contribution in [0, 0.1) is 0 Å². The Kier molecular flexibility index (Phi) is 7.55. The van der Waals surface area contributed by atoms with Gasteiger partial charge in [0.1, 0.15) is 6.10 Å². The van der Waals surface area contributed by atoms with Crippen LogP contribution in [0.1, 0.15) is 20.3 Å². The topological polar surface area (TPSA) is 107 Å². The van der Waals surface area contributed by atoms with Gasteiger partial charge in [-0.25, -0.2) is 21.6 Å². The fraction of sp³-hybridized carbons (Fsp3) is 0.727. The number of carbonyl (C=O) groups is 1. The smallest absolute Gasteiger partial charge is 0.446 e. The molecular weight excluding hydrogens is 420 g/mol. The molecule has 154 valence electrons. The van der Waals surface area contributed by atoms with Gasteiger partial charge in [0, 0.05) is 13.0 Å². The molecule has 0 aromatic rings. The average molecular weight is 435 g/mol. The highest BCUT2D eigenvalue weighted by Gasteiger charge is 2.63. The van der Waals surface area contributed by atoms with Gasteiger partial charge in [-0.2, -0.15) is 26.3 Å². The standard InChI is InChI=1S/C11H15F6NO6S2/c1-6(2)5-18-9(19)24-7(3)4-8(25(20,21)10(12,13)14)26(22,23)11(15,16)17/h7-8H,1,4-5H2,2-3H3,(H,18,19). The van der Waals surface area contributed by atoms with Crippen LogP contribution >= 0.6 is 0 Å². The minimum absolute atomic E-state index is 0.142. The third-order valence-electron chi connectivity index (χ3n) is 2.70. The van der Waals surface area contributed by atoms with E-state index in [0.717, 1.165) is 6.92 Å².